The van der Waals surface area contributed by atoms with Crippen LogP contribution >= 0.6 is 0 Å². The topological polar surface area (TPSA) is 72.2 Å². The quantitative estimate of drug-likeness (QED) is 0.913. The van der Waals surface area contributed by atoms with E-state index in [-0.39, 0.29) is 18.1 Å². The number of carbonyl (C=O) groups excluding carboxylic acids is 1. The van der Waals surface area contributed by atoms with Crippen molar-refractivity contribution < 1.29 is 18.0 Å². The van der Waals surface area contributed by atoms with Crippen molar-refractivity contribution in [3.8, 4) is 0 Å². The zero-order valence-corrected chi connectivity index (χ0v) is 13.2. The van der Waals surface area contributed by atoms with Gasteiger partial charge in [-0.25, -0.2) is 9.50 Å². The summed E-state index contributed by atoms with van der Waals surface area (Å²) in [6, 6.07) is 0. The van der Waals surface area contributed by atoms with Gasteiger partial charge in [0, 0.05) is 24.4 Å². The van der Waals surface area contributed by atoms with Crippen molar-refractivity contribution in [2.24, 2.45) is 0 Å². The first-order valence-electron chi connectivity index (χ1n) is 7.30. The summed E-state index contributed by atoms with van der Waals surface area (Å²) in [4.78, 5) is 19.2. The van der Waals surface area contributed by atoms with Crippen LogP contribution in [0, 0.1) is 13.8 Å². The molecule has 0 aliphatic heterocycles. The second kappa shape index (κ2) is 6.51. The van der Waals surface area contributed by atoms with E-state index in [2.05, 4.69) is 20.4 Å². The highest BCUT2D eigenvalue weighted by Crippen LogP contribution is 2.27. The number of aromatic nitrogens is 4. The predicted molar refractivity (Wildman–Crippen MR) is 76.9 cm³/mol. The maximum atomic E-state index is 12.7. The number of fused-ring (bicyclic) bond motifs is 1. The number of carbonyl (C=O) groups is 1. The van der Waals surface area contributed by atoms with Gasteiger partial charge in [0.25, 0.3) is 11.6 Å². The Labute approximate surface area is 131 Å². The predicted octanol–water partition coefficient (Wildman–Crippen LogP) is 2.22. The first-order chi connectivity index (χ1) is 10.7. The normalized spacial score (nSPS) is 11.9. The van der Waals surface area contributed by atoms with Crippen molar-refractivity contribution >= 4 is 11.7 Å². The van der Waals surface area contributed by atoms with E-state index in [1.807, 2.05) is 6.92 Å². The number of alkyl halides is 3. The molecule has 2 aromatic heterocycles. The van der Waals surface area contributed by atoms with Gasteiger partial charge in [0.15, 0.2) is 0 Å². The van der Waals surface area contributed by atoms with Crippen molar-refractivity contribution in [3.63, 3.8) is 0 Å². The number of amides is 1. The van der Waals surface area contributed by atoms with Crippen LogP contribution < -0.4 is 5.32 Å². The minimum atomic E-state index is -4.62. The summed E-state index contributed by atoms with van der Waals surface area (Å²) in [6.45, 7) is 5.89. The second-order valence-electron chi connectivity index (χ2n) is 5.26. The lowest BCUT2D eigenvalue weighted by atomic mass is 10.1. The minimum absolute atomic E-state index is 0.0912. The largest absolute Gasteiger partial charge is 0.453 e. The van der Waals surface area contributed by atoms with Gasteiger partial charge in [-0.15, -0.1) is 5.10 Å². The molecular weight excluding hydrogens is 311 g/mol. The molecule has 1 N–H and O–H groups in total. The number of halogens is 3. The first kappa shape index (κ1) is 17.2. The van der Waals surface area contributed by atoms with Gasteiger partial charge in [-0.05, 0) is 32.3 Å². The van der Waals surface area contributed by atoms with Crippen LogP contribution in [0.15, 0.2) is 0 Å². The van der Waals surface area contributed by atoms with E-state index >= 15 is 0 Å². The summed E-state index contributed by atoms with van der Waals surface area (Å²) >= 11 is 0. The van der Waals surface area contributed by atoms with E-state index in [4.69, 9.17) is 0 Å². The summed E-state index contributed by atoms with van der Waals surface area (Å²) in [6.07, 6.45) is -3.14. The second-order valence-corrected chi connectivity index (χ2v) is 5.26. The van der Waals surface area contributed by atoms with E-state index in [1.165, 1.54) is 0 Å². The Balaban J connectivity index is 2.28. The molecule has 0 aromatic carbocycles. The fourth-order valence-corrected chi connectivity index (χ4v) is 2.28. The highest BCUT2D eigenvalue weighted by atomic mass is 19.4. The van der Waals surface area contributed by atoms with E-state index in [1.54, 1.807) is 13.8 Å². The third-order valence-corrected chi connectivity index (χ3v) is 3.48. The van der Waals surface area contributed by atoms with E-state index in [9.17, 15) is 18.0 Å². The molecule has 0 fully saturated rings. The average Bonchev–Trinajstić information content (AvgIpc) is 2.89. The van der Waals surface area contributed by atoms with E-state index in [0.717, 1.165) is 10.9 Å². The molecule has 2 rings (SSSR count). The Morgan fingerprint density at radius 2 is 1.96 bits per heavy atom. The monoisotopic (exact) mass is 329 g/mol. The standard InChI is InChI=1S/C14H18F3N5O/c1-4-7-18-11(23)6-5-10-8(2)19-13-20-12(14(15,16)17)21-22(13)9(10)3/h4-7H2,1-3H3,(H,18,23). The maximum Gasteiger partial charge on any atom is 0.453 e. The van der Waals surface area contributed by atoms with Gasteiger partial charge >= 0.3 is 6.18 Å². The summed E-state index contributed by atoms with van der Waals surface area (Å²) in [5, 5.41) is 6.24. The molecule has 0 unspecified atom stereocenters. The molecule has 0 atom stereocenters. The lowest BCUT2D eigenvalue weighted by Crippen LogP contribution is -2.24. The molecule has 0 bridgehead atoms. The van der Waals surface area contributed by atoms with Gasteiger partial charge in [-0.3, -0.25) is 4.79 Å². The number of aryl methyl sites for hydroxylation is 2. The van der Waals surface area contributed by atoms with E-state index < -0.39 is 12.0 Å². The van der Waals surface area contributed by atoms with Crippen molar-refractivity contribution in [2.45, 2.75) is 46.2 Å². The van der Waals surface area contributed by atoms with Crippen LogP contribution in [0.2, 0.25) is 0 Å². The molecule has 126 valence electrons. The molecule has 0 radical (unpaired) electrons. The highest BCUT2D eigenvalue weighted by molar-refractivity contribution is 5.76. The Morgan fingerprint density at radius 3 is 2.57 bits per heavy atom. The Morgan fingerprint density at radius 1 is 1.26 bits per heavy atom. The Kier molecular flexibility index (Phi) is 4.86. The first-order valence-corrected chi connectivity index (χ1v) is 7.30. The lowest BCUT2D eigenvalue weighted by Gasteiger charge is -2.10. The van der Waals surface area contributed by atoms with Crippen LogP contribution in [0.3, 0.4) is 0 Å². The summed E-state index contributed by atoms with van der Waals surface area (Å²) in [7, 11) is 0. The molecule has 0 spiro atoms. The van der Waals surface area contributed by atoms with Gasteiger partial charge in [0.1, 0.15) is 0 Å². The van der Waals surface area contributed by atoms with Gasteiger partial charge in [-0.1, -0.05) is 6.92 Å². The fourth-order valence-electron chi connectivity index (χ4n) is 2.28. The number of nitrogens with one attached hydrogen (secondary N) is 1. The lowest BCUT2D eigenvalue weighted by molar-refractivity contribution is -0.144. The van der Waals surface area contributed by atoms with Gasteiger partial charge in [0.05, 0.1) is 0 Å². The molecule has 23 heavy (non-hydrogen) atoms. The summed E-state index contributed by atoms with van der Waals surface area (Å²) in [5.41, 5.74) is 1.78. The summed E-state index contributed by atoms with van der Waals surface area (Å²) < 4.78 is 39.2. The molecule has 9 heteroatoms. The van der Waals surface area contributed by atoms with Crippen LogP contribution in [0.1, 0.15) is 42.5 Å². The van der Waals surface area contributed by atoms with Crippen LogP contribution in [-0.4, -0.2) is 32.0 Å². The third-order valence-electron chi connectivity index (χ3n) is 3.48. The number of hydrogen-bond acceptors (Lipinski definition) is 4. The molecule has 6 nitrogen and oxygen atoms in total. The minimum Gasteiger partial charge on any atom is -0.356 e. The summed E-state index contributed by atoms with van der Waals surface area (Å²) in [5.74, 6) is -1.41. The smallest absolute Gasteiger partial charge is 0.356 e. The van der Waals surface area contributed by atoms with Crippen molar-refractivity contribution in [1.29, 1.82) is 0 Å². The Hall–Kier alpha value is -2.19. The SMILES string of the molecule is CCCNC(=O)CCc1c(C)nc2nc(C(F)(F)F)nn2c1C. The van der Waals surface area contributed by atoms with Crippen molar-refractivity contribution in [3.05, 3.63) is 22.8 Å². The van der Waals surface area contributed by atoms with Crippen LogP contribution in [0.25, 0.3) is 5.78 Å². The highest BCUT2D eigenvalue weighted by Gasteiger charge is 2.36. The van der Waals surface area contributed by atoms with Gasteiger partial charge < -0.3 is 5.32 Å². The third kappa shape index (κ3) is 3.77. The van der Waals surface area contributed by atoms with Crippen molar-refractivity contribution in [2.75, 3.05) is 6.54 Å². The number of hydrogen-bond donors (Lipinski definition) is 1. The van der Waals surface area contributed by atoms with Gasteiger partial charge in [-0.2, -0.15) is 18.2 Å². The molecule has 2 aromatic rings. The molecule has 2 heterocycles. The van der Waals surface area contributed by atoms with Gasteiger partial charge in [0.2, 0.25) is 5.91 Å². The van der Waals surface area contributed by atoms with Crippen LogP contribution in [0.5, 0.6) is 0 Å². The molecular formula is C14H18F3N5O. The zero-order chi connectivity index (χ0) is 17.2. The van der Waals surface area contributed by atoms with Crippen molar-refractivity contribution in [1.82, 2.24) is 24.9 Å². The van der Waals surface area contributed by atoms with E-state index in [0.29, 0.717) is 29.9 Å². The number of nitrogens with zero attached hydrogens (tertiary/aromatic N) is 4. The molecule has 0 aliphatic rings. The Bertz CT molecular complexity index is 723. The molecule has 0 saturated carbocycles. The maximum absolute atomic E-state index is 12.7. The average molecular weight is 329 g/mol. The zero-order valence-electron chi connectivity index (χ0n) is 13.2. The van der Waals surface area contributed by atoms with Crippen LogP contribution in [-0.2, 0) is 17.4 Å². The van der Waals surface area contributed by atoms with Crippen LogP contribution in [0.4, 0.5) is 13.2 Å². The molecule has 0 aliphatic carbocycles. The molecule has 0 saturated heterocycles. The number of rotatable bonds is 5. The fraction of sp³-hybridized carbons (Fsp3) is 0.571. The molecule has 1 amide bonds.